The van der Waals surface area contributed by atoms with Crippen LogP contribution in [0, 0.1) is 0 Å². The number of benzene rings is 1. The van der Waals surface area contributed by atoms with Crippen LogP contribution < -0.4 is 10.8 Å². The van der Waals surface area contributed by atoms with Gasteiger partial charge in [0.2, 0.25) is 0 Å². The van der Waals surface area contributed by atoms with Crippen molar-refractivity contribution in [3.8, 4) is 0 Å². The molecule has 2 rings (SSSR count). The van der Waals surface area contributed by atoms with Crippen LogP contribution >= 0.6 is 0 Å². The molecule has 0 fully saturated rings. The lowest BCUT2D eigenvalue weighted by Gasteiger charge is -2.08. The molecule has 0 atom stereocenters. The Morgan fingerprint density at radius 1 is 1.53 bits per heavy atom. The normalized spacial score (nSPS) is 13.5. The summed E-state index contributed by atoms with van der Waals surface area (Å²) in [6.07, 6.45) is 0. The molecule has 0 aromatic heterocycles. The van der Waals surface area contributed by atoms with Gasteiger partial charge in [-0.05, 0) is 30.9 Å². The summed E-state index contributed by atoms with van der Waals surface area (Å²) >= 11 is 0. The molecule has 0 saturated heterocycles. The monoisotopic (exact) mass is 203 g/mol. The summed E-state index contributed by atoms with van der Waals surface area (Å²) in [5, 5.41) is 2.87. The van der Waals surface area contributed by atoms with Crippen LogP contribution in [0.25, 0.3) is 0 Å². The predicted molar refractivity (Wildman–Crippen MR) is 60.6 cm³/mol. The molecule has 3 nitrogen and oxygen atoms in total. The van der Waals surface area contributed by atoms with E-state index in [4.69, 9.17) is 4.65 Å². The quantitative estimate of drug-likeness (QED) is 0.703. The van der Waals surface area contributed by atoms with Gasteiger partial charge in [0, 0.05) is 11.6 Å². The number of rotatable bonds is 2. The average Bonchev–Trinajstić information content (AvgIpc) is 2.62. The van der Waals surface area contributed by atoms with Crippen molar-refractivity contribution in [2.45, 2.75) is 26.5 Å². The summed E-state index contributed by atoms with van der Waals surface area (Å²) in [6, 6.07) is 5.91. The fourth-order valence-corrected chi connectivity index (χ4v) is 1.66. The second-order valence-electron chi connectivity index (χ2n) is 4.10. The summed E-state index contributed by atoms with van der Waals surface area (Å²) in [7, 11) is 0.623. The molecule has 1 heterocycles. The lowest BCUT2D eigenvalue weighted by molar-refractivity contribution is 0.0943. The third-order valence-corrected chi connectivity index (χ3v) is 2.40. The molecule has 0 aliphatic carbocycles. The Morgan fingerprint density at radius 3 is 3.07 bits per heavy atom. The molecule has 0 saturated carbocycles. The van der Waals surface area contributed by atoms with Crippen LogP contribution in [0.5, 0.6) is 0 Å². The van der Waals surface area contributed by atoms with E-state index in [2.05, 4.69) is 5.32 Å². The largest absolute Gasteiger partial charge is 0.430 e. The molecule has 1 N–H and O–H groups in total. The maximum atomic E-state index is 11.7. The van der Waals surface area contributed by atoms with Crippen molar-refractivity contribution in [1.82, 2.24) is 5.32 Å². The maximum Gasteiger partial charge on any atom is 0.309 e. The van der Waals surface area contributed by atoms with Gasteiger partial charge in [0.25, 0.3) is 5.91 Å². The van der Waals surface area contributed by atoms with Gasteiger partial charge in [-0.1, -0.05) is 12.1 Å². The molecule has 4 heteroatoms. The lowest BCUT2D eigenvalue weighted by atomic mass is 9.86. The van der Waals surface area contributed by atoms with Crippen molar-refractivity contribution in [2.24, 2.45) is 0 Å². The summed E-state index contributed by atoms with van der Waals surface area (Å²) in [4.78, 5) is 11.7. The van der Waals surface area contributed by atoms with Gasteiger partial charge in [-0.3, -0.25) is 4.79 Å². The number of fused-ring (bicyclic) bond motifs is 1. The molecule has 1 aliphatic rings. The van der Waals surface area contributed by atoms with Crippen molar-refractivity contribution < 1.29 is 9.45 Å². The first-order valence-electron chi connectivity index (χ1n) is 5.17. The van der Waals surface area contributed by atoms with Crippen LogP contribution in [-0.4, -0.2) is 19.4 Å². The molecule has 1 aromatic rings. The number of hydrogen-bond acceptors (Lipinski definition) is 2. The molecule has 0 spiro atoms. The van der Waals surface area contributed by atoms with Gasteiger partial charge in [0.15, 0.2) is 0 Å². The average molecular weight is 203 g/mol. The Labute approximate surface area is 90.1 Å². The van der Waals surface area contributed by atoms with E-state index in [1.165, 1.54) is 5.56 Å². The second kappa shape index (κ2) is 4.07. The maximum absolute atomic E-state index is 11.7. The Bertz CT molecular complexity index is 390. The molecular formula is C11H14BNO2. The van der Waals surface area contributed by atoms with Crippen LogP contribution in [0.3, 0.4) is 0 Å². The Kier molecular flexibility index (Phi) is 2.78. The van der Waals surface area contributed by atoms with Crippen LogP contribution in [0.1, 0.15) is 29.8 Å². The molecule has 0 bridgehead atoms. The van der Waals surface area contributed by atoms with Crippen LogP contribution in [0.2, 0.25) is 0 Å². The molecule has 1 aromatic carbocycles. The van der Waals surface area contributed by atoms with Crippen molar-refractivity contribution in [3.05, 3.63) is 29.3 Å². The van der Waals surface area contributed by atoms with Crippen LogP contribution in [0.4, 0.5) is 0 Å². The predicted octanol–water partition coefficient (Wildman–Crippen LogP) is 0.332. The zero-order chi connectivity index (χ0) is 10.8. The third kappa shape index (κ3) is 2.21. The van der Waals surface area contributed by atoms with Gasteiger partial charge in [-0.15, -0.1) is 0 Å². The zero-order valence-electron chi connectivity index (χ0n) is 9.04. The number of nitrogens with one attached hydrogen (secondary N) is 1. The highest BCUT2D eigenvalue weighted by molar-refractivity contribution is 6.49. The van der Waals surface area contributed by atoms with E-state index in [9.17, 15) is 4.79 Å². The Morgan fingerprint density at radius 2 is 2.33 bits per heavy atom. The first-order chi connectivity index (χ1) is 7.16. The summed E-state index contributed by atoms with van der Waals surface area (Å²) < 4.78 is 5.30. The SMILES string of the molecule is CC(C)NC(=O)c1ccc2c(c1)BOC2. The molecule has 0 unspecified atom stereocenters. The highest BCUT2D eigenvalue weighted by atomic mass is 16.4. The molecule has 78 valence electrons. The van der Waals surface area contributed by atoms with Gasteiger partial charge >= 0.3 is 7.48 Å². The summed E-state index contributed by atoms with van der Waals surface area (Å²) in [6.45, 7) is 4.57. The fraction of sp³-hybridized carbons (Fsp3) is 0.364. The Hall–Kier alpha value is -1.29. The van der Waals surface area contributed by atoms with Crippen molar-refractivity contribution in [3.63, 3.8) is 0 Å². The highest BCUT2D eigenvalue weighted by Crippen LogP contribution is 2.08. The van der Waals surface area contributed by atoms with E-state index in [1.807, 2.05) is 32.0 Å². The molecule has 0 radical (unpaired) electrons. The summed E-state index contributed by atoms with van der Waals surface area (Å²) in [5.41, 5.74) is 3.04. The minimum absolute atomic E-state index is 0.0142. The van der Waals surface area contributed by atoms with Crippen molar-refractivity contribution in [2.75, 3.05) is 0 Å². The Balaban J connectivity index is 2.19. The van der Waals surface area contributed by atoms with Crippen molar-refractivity contribution >= 4 is 18.9 Å². The number of carbonyl (C=O) groups excluding carboxylic acids is 1. The van der Waals surface area contributed by atoms with Crippen LogP contribution in [-0.2, 0) is 11.3 Å². The van der Waals surface area contributed by atoms with Gasteiger partial charge in [-0.2, -0.15) is 0 Å². The van der Waals surface area contributed by atoms with E-state index in [0.29, 0.717) is 19.7 Å². The molecular weight excluding hydrogens is 189 g/mol. The number of amides is 1. The molecule has 1 aliphatic heterocycles. The zero-order valence-corrected chi connectivity index (χ0v) is 9.04. The van der Waals surface area contributed by atoms with Gasteiger partial charge in [0.05, 0.1) is 6.61 Å². The standard InChI is InChI=1S/C11H14BNO2/c1-7(2)13-11(14)8-3-4-9-6-15-12-10(9)5-8/h3-5,7,12H,6H2,1-2H3,(H,13,14). The van der Waals surface area contributed by atoms with E-state index >= 15 is 0 Å². The van der Waals surface area contributed by atoms with Gasteiger partial charge in [-0.25, -0.2) is 0 Å². The van der Waals surface area contributed by atoms with Gasteiger partial charge in [0.1, 0.15) is 0 Å². The number of carbonyl (C=O) groups is 1. The van der Waals surface area contributed by atoms with E-state index in [-0.39, 0.29) is 11.9 Å². The number of hydrogen-bond donors (Lipinski definition) is 1. The highest BCUT2D eigenvalue weighted by Gasteiger charge is 2.15. The first-order valence-corrected chi connectivity index (χ1v) is 5.17. The van der Waals surface area contributed by atoms with E-state index in [1.54, 1.807) is 0 Å². The fourth-order valence-electron chi connectivity index (χ4n) is 1.66. The van der Waals surface area contributed by atoms with E-state index < -0.39 is 0 Å². The minimum atomic E-state index is -0.0142. The minimum Gasteiger partial charge on any atom is -0.430 e. The second-order valence-corrected chi connectivity index (χ2v) is 4.10. The third-order valence-electron chi connectivity index (χ3n) is 2.40. The van der Waals surface area contributed by atoms with Crippen LogP contribution in [0.15, 0.2) is 18.2 Å². The molecule has 1 amide bonds. The lowest BCUT2D eigenvalue weighted by Crippen LogP contribution is -2.31. The summed E-state index contributed by atoms with van der Waals surface area (Å²) in [5.74, 6) is -0.0142. The van der Waals surface area contributed by atoms with Crippen molar-refractivity contribution in [1.29, 1.82) is 0 Å². The van der Waals surface area contributed by atoms with E-state index in [0.717, 1.165) is 5.46 Å². The molecule has 15 heavy (non-hydrogen) atoms. The topological polar surface area (TPSA) is 38.3 Å². The smallest absolute Gasteiger partial charge is 0.309 e. The van der Waals surface area contributed by atoms with Gasteiger partial charge < -0.3 is 9.97 Å². The first kappa shape index (κ1) is 10.2.